The van der Waals surface area contributed by atoms with E-state index < -0.39 is 0 Å². The molecule has 4 nitrogen and oxygen atoms in total. The minimum atomic E-state index is -0.212. The van der Waals surface area contributed by atoms with Crippen LogP contribution in [-0.2, 0) is 0 Å². The van der Waals surface area contributed by atoms with Gasteiger partial charge in [-0.25, -0.2) is 0 Å². The zero-order chi connectivity index (χ0) is 21.4. The lowest BCUT2D eigenvalue weighted by atomic mass is 10.0. The van der Waals surface area contributed by atoms with Gasteiger partial charge in [0.05, 0.1) is 17.7 Å². The van der Waals surface area contributed by atoms with E-state index in [0.29, 0.717) is 35.7 Å². The van der Waals surface area contributed by atoms with Crippen molar-refractivity contribution in [1.82, 2.24) is 4.90 Å². The van der Waals surface area contributed by atoms with Gasteiger partial charge in [-0.15, -0.1) is 0 Å². The van der Waals surface area contributed by atoms with Gasteiger partial charge in [0.2, 0.25) is 0 Å². The number of hydrogen-bond acceptors (Lipinski definition) is 3. The van der Waals surface area contributed by atoms with Crippen molar-refractivity contribution in [3.05, 3.63) is 88.9 Å². The fourth-order valence-corrected chi connectivity index (χ4v) is 4.31. The maximum absolute atomic E-state index is 12.5. The molecule has 154 valence electrons. The molecule has 2 amide bonds. The number of fused-ring (bicyclic) bond motifs is 3. The first-order valence-corrected chi connectivity index (χ1v) is 10.7. The molecule has 0 aliphatic carbocycles. The molecule has 5 rings (SSSR count). The van der Waals surface area contributed by atoms with Crippen molar-refractivity contribution < 1.29 is 14.3 Å². The molecule has 5 heteroatoms. The van der Waals surface area contributed by atoms with Crippen LogP contribution in [0.1, 0.15) is 33.6 Å². The number of unbranched alkanes of at least 4 members (excludes halogenated alkanes) is 1. The molecular formula is C26H20ClNO3. The molecule has 0 unspecified atom stereocenters. The second kappa shape index (κ2) is 8.05. The first-order valence-electron chi connectivity index (χ1n) is 10.3. The highest BCUT2D eigenvalue weighted by Crippen LogP contribution is 2.36. The number of benzene rings is 4. The predicted molar refractivity (Wildman–Crippen MR) is 123 cm³/mol. The predicted octanol–water partition coefficient (Wildman–Crippen LogP) is 6.10. The molecule has 0 atom stereocenters. The van der Waals surface area contributed by atoms with E-state index in [1.165, 1.54) is 4.90 Å². The van der Waals surface area contributed by atoms with Crippen molar-refractivity contribution in [2.75, 3.05) is 13.2 Å². The van der Waals surface area contributed by atoms with Crippen LogP contribution in [0.25, 0.3) is 21.5 Å². The third-order valence-electron chi connectivity index (χ3n) is 5.68. The van der Waals surface area contributed by atoms with Gasteiger partial charge >= 0.3 is 0 Å². The second-order valence-electron chi connectivity index (χ2n) is 7.66. The number of carbonyl (C=O) groups is 2. The van der Waals surface area contributed by atoms with E-state index in [4.69, 9.17) is 16.3 Å². The highest BCUT2D eigenvalue weighted by Gasteiger charge is 2.34. The fourth-order valence-electron chi connectivity index (χ4n) is 4.14. The monoisotopic (exact) mass is 429 g/mol. The Kier molecular flexibility index (Phi) is 5.08. The maximum Gasteiger partial charge on any atom is 0.261 e. The van der Waals surface area contributed by atoms with Crippen LogP contribution in [-0.4, -0.2) is 29.9 Å². The third kappa shape index (κ3) is 3.53. The van der Waals surface area contributed by atoms with E-state index in [1.54, 1.807) is 24.3 Å². The molecule has 1 aliphatic heterocycles. The number of rotatable bonds is 6. The summed E-state index contributed by atoms with van der Waals surface area (Å²) in [5.41, 5.74) is 0.978. The van der Waals surface area contributed by atoms with Crippen LogP contribution in [0.4, 0.5) is 0 Å². The van der Waals surface area contributed by atoms with Gasteiger partial charge in [0, 0.05) is 22.3 Å². The third-order valence-corrected chi connectivity index (χ3v) is 5.91. The Balaban J connectivity index is 1.28. The number of hydrogen-bond donors (Lipinski definition) is 0. The Morgan fingerprint density at radius 3 is 2.19 bits per heavy atom. The lowest BCUT2D eigenvalue weighted by Gasteiger charge is -2.15. The van der Waals surface area contributed by atoms with Gasteiger partial charge in [-0.05, 0) is 53.9 Å². The highest BCUT2D eigenvalue weighted by atomic mass is 35.5. The van der Waals surface area contributed by atoms with E-state index in [1.807, 2.05) is 36.4 Å². The second-order valence-corrected chi connectivity index (χ2v) is 8.09. The lowest BCUT2D eigenvalue weighted by Crippen LogP contribution is -2.30. The van der Waals surface area contributed by atoms with E-state index in [2.05, 4.69) is 12.1 Å². The molecule has 0 fully saturated rings. The van der Waals surface area contributed by atoms with Gasteiger partial charge in [0.1, 0.15) is 5.75 Å². The summed E-state index contributed by atoms with van der Waals surface area (Å²) in [6.07, 6.45) is 1.40. The minimum absolute atomic E-state index is 0.212. The van der Waals surface area contributed by atoms with Crippen LogP contribution in [0, 0.1) is 0 Å². The topological polar surface area (TPSA) is 46.6 Å². The van der Waals surface area contributed by atoms with Gasteiger partial charge in [-0.1, -0.05) is 54.1 Å². The van der Waals surface area contributed by atoms with Crippen LogP contribution in [0.5, 0.6) is 5.75 Å². The van der Waals surface area contributed by atoms with E-state index in [-0.39, 0.29) is 11.8 Å². The Labute approximate surface area is 185 Å². The molecule has 4 aromatic carbocycles. The summed E-state index contributed by atoms with van der Waals surface area (Å²) in [7, 11) is 0. The van der Waals surface area contributed by atoms with E-state index in [9.17, 15) is 9.59 Å². The summed E-state index contributed by atoms with van der Waals surface area (Å²) < 4.78 is 6.22. The molecule has 0 saturated heterocycles. The first kappa shape index (κ1) is 19.6. The molecule has 0 saturated carbocycles. The van der Waals surface area contributed by atoms with Gasteiger partial charge in [-0.2, -0.15) is 0 Å². The summed E-state index contributed by atoms with van der Waals surface area (Å²) >= 11 is 6.24. The van der Waals surface area contributed by atoms with Gasteiger partial charge in [0.15, 0.2) is 0 Å². The Hall–Kier alpha value is -3.37. The van der Waals surface area contributed by atoms with Crippen LogP contribution in [0.2, 0.25) is 5.02 Å². The molecule has 0 radical (unpaired) electrons. The molecule has 0 bridgehead atoms. The number of ether oxygens (including phenoxy) is 1. The Morgan fingerprint density at radius 1 is 0.742 bits per heavy atom. The van der Waals surface area contributed by atoms with Crippen molar-refractivity contribution in [3.8, 4) is 5.75 Å². The number of imide groups is 1. The van der Waals surface area contributed by atoms with Crippen molar-refractivity contribution in [1.29, 1.82) is 0 Å². The van der Waals surface area contributed by atoms with Crippen LogP contribution < -0.4 is 4.74 Å². The van der Waals surface area contributed by atoms with Crippen molar-refractivity contribution in [2.24, 2.45) is 0 Å². The molecule has 4 aromatic rings. The summed E-state index contributed by atoms with van der Waals surface area (Å²) in [4.78, 5) is 26.3. The number of halogens is 1. The lowest BCUT2D eigenvalue weighted by molar-refractivity contribution is 0.0650. The zero-order valence-corrected chi connectivity index (χ0v) is 17.6. The summed E-state index contributed by atoms with van der Waals surface area (Å²) in [6.45, 7) is 0.872. The summed E-state index contributed by atoms with van der Waals surface area (Å²) in [6, 6.07) is 23.0. The molecule has 0 spiro atoms. The van der Waals surface area contributed by atoms with E-state index in [0.717, 1.165) is 33.7 Å². The van der Waals surface area contributed by atoms with Crippen LogP contribution in [0.3, 0.4) is 0 Å². The average molecular weight is 430 g/mol. The van der Waals surface area contributed by atoms with Crippen LogP contribution >= 0.6 is 11.6 Å². The molecule has 0 N–H and O–H groups in total. The molecule has 1 aliphatic rings. The first-order chi connectivity index (χ1) is 15.1. The Bertz CT molecular complexity index is 1300. The van der Waals surface area contributed by atoms with Gasteiger partial charge in [-0.3, -0.25) is 14.5 Å². The SMILES string of the molecule is O=C1c2ccccc2C(=O)N1CCCCOc1c2ccccc2cc2ccc(Cl)cc12. The zero-order valence-electron chi connectivity index (χ0n) is 16.8. The maximum atomic E-state index is 12.5. The Morgan fingerprint density at radius 2 is 1.42 bits per heavy atom. The van der Waals surface area contributed by atoms with Crippen LogP contribution in [0.15, 0.2) is 72.8 Å². The van der Waals surface area contributed by atoms with Gasteiger partial charge in [0.25, 0.3) is 11.8 Å². The normalized spacial score (nSPS) is 13.3. The van der Waals surface area contributed by atoms with E-state index >= 15 is 0 Å². The molecular weight excluding hydrogens is 410 g/mol. The fraction of sp³-hybridized carbons (Fsp3) is 0.154. The van der Waals surface area contributed by atoms with Crippen molar-refractivity contribution >= 4 is 45.0 Å². The van der Waals surface area contributed by atoms with Crippen molar-refractivity contribution in [3.63, 3.8) is 0 Å². The van der Waals surface area contributed by atoms with Gasteiger partial charge < -0.3 is 4.74 Å². The number of carbonyl (C=O) groups excluding carboxylic acids is 2. The smallest absolute Gasteiger partial charge is 0.261 e. The highest BCUT2D eigenvalue weighted by molar-refractivity contribution is 6.31. The average Bonchev–Trinajstić information content (AvgIpc) is 3.03. The molecule has 31 heavy (non-hydrogen) atoms. The minimum Gasteiger partial charge on any atom is -0.492 e. The quantitative estimate of drug-likeness (QED) is 0.211. The number of amides is 2. The number of nitrogens with zero attached hydrogens (tertiary/aromatic N) is 1. The molecule has 1 heterocycles. The standard InChI is InChI=1S/C26H20ClNO3/c27-19-12-11-18-15-17-7-1-2-8-20(17)24(23(18)16-19)31-14-6-5-13-28-25(29)21-9-3-4-10-22(21)26(28)30/h1-4,7-12,15-16H,5-6,13-14H2. The largest absolute Gasteiger partial charge is 0.492 e. The van der Waals surface area contributed by atoms with Crippen molar-refractivity contribution in [2.45, 2.75) is 12.8 Å². The summed E-state index contributed by atoms with van der Waals surface area (Å²) in [5.74, 6) is 0.392. The molecule has 0 aromatic heterocycles. The summed E-state index contributed by atoms with van der Waals surface area (Å²) in [5, 5.41) is 4.87.